The van der Waals surface area contributed by atoms with Gasteiger partial charge in [-0.15, -0.1) is 0 Å². The minimum absolute atomic E-state index is 0.118. The van der Waals surface area contributed by atoms with Crippen LogP contribution in [0, 0.1) is 0 Å². The molecule has 4 nitrogen and oxygen atoms in total. The molecule has 0 amide bonds. The fraction of sp³-hybridized carbons (Fsp3) is 0.636. The molecule has 0 saturated heterocycles. The molecule has 1 aromatic heterocycles. The van der Waals surface area contributed by atoms with Crippen molar-refractivity contribution < 1.29 is 0 Å². The van der Waals surface area contributed by atoms with Crippen molar-refractivity contribution in [2.24, 2.45) is 5.73 Å². The van der Waals surface area contributed by atoms with Gasteiger partial charge in [-0.2, -0.15) is 0 Å². The van der Waals surface area contributed by atoms with E-state index >= 15 is 0 Å². The van der Waals surface area contributed by atoms with Gasteiger partial charge in [0.15, 0.2) is 0 Å². The predicted octanol–water partition coefficient (Wildman–Crippen LogP) is 0.860. The first kappa shape index (κ1) is 10.4. The van der Waals surface area contributed by atoms with Gasteiger partial charge < -0.3 is 5.73 Å². The number of nitrogens with two attached hydrogens (primary N) is 1. The van der Waals surface area contributed by atoms with Crippen LogP contribution in [-0.2, 0) is 6.42 Å². The number of rotatable bonds is 3. The third kappa shape index (κ3) is 2.09. The van der Waals surface area contributed by atoms with Crippen LogP contribution in [0.1, 0.15) is 37.4 Å². The second-order valence-electron chi connectivity index (χ2n) is 4.07. The lowest BCUT2D eigenvalue weighted by molar-refractivity contribution is 0.473. The van der Waals surface area contributed by atoms with Crippen LogP contribution in [0.4, 0.5) is 0 Å². The molecule has 0 aliphatic heterocycles. The first-order valence-electron chi connectivity index (χ1n) is 5.59. The third-order valence-corrected chi connectivity index (χ3v) is 3.06. The van der Waals surface area contributed by atoms with Gasteiger partial charge in [-0.05, 0) is 25.5 Å². The van der Waals surface area contributed by atoms with E-state index in [2.05, 4.69) is 4.98 Å². The van der Waals surface area contributed by atoms with Crippen molar-refractivity contribution in [3.63, 3.8) is 0 Å². The smallest absolute Gasteiger partial charge is 0.330 e. The topological polar surface area (TPSA) is 60.9 Å². The summed E-state index contributed by atoms with van der Waals surface area (Å²) in [4.78, 5) is 15.5. The molecule has 82 valence electrons. The zero-order valence-electron chi connectivity index (χ0n) is 8.85. The highest BCUT2D eigenvalue weighted by Crippen LogP contribution is 2.28. The second-order valence-corrected chi connectivity index (χ2v) is 4.07. The average Bonchev–Trinajstić information content (AvgIpc) is 2.71. The lowest BCUT2D eigenvalue weighted by Crippen LogP contribution is -2.29. The first-order chi connectivity index (χ1) is 7.33. The Morgan fingerprint density at radius 1 is 1.47 bits per heavy atom. The SMILES string of the molecule is NCCc1ccnc(=O)n1C1CCCC1. The van der Waals surface area contributed by atoms with Gasteiger partial charge in [0.1, 0.15) is 0 Å². The summed E-state index contributed by atoms with van der Waals surface area (Å²) in [7, 11) is 0. The minimum Gasteiger partial charge on any atom is -0.330 e. The van der Waals surface area contributed by atoms with E-state index in [1.165, 1.54) is 12.8 Å². The van der Waals surface area contributed by atoms with Crippen molar-refractivity contribution in [1.82, 2.24) is 9.55 Å². The highest BCUT2D eigenvalue weighted by Gasteiger charge is 2.20. The first-order valence-corrected chi connectivity index (χ1v) is 5.59. The van der Waals surface area contributed by atoms with E-state index in [9.17, 15) is 4.79 Å². The van der Waals surface area contributed by atoms with Gasteiger partial charge in [-0.1, -0.05) is 12.8 Å². The number of nitrogens with zero attached hydrogens (tertiary/aromatic N) is 2. The largest absolute Gasteiger partial charge is 0.347 e. The van der Waals surface area contributed by atoms with Gasteiger partial charge >= 0.3 is 5.69 Å². The van der Waals surface area contributed by atoms with Crippen molar-refractivity contribution in [1.29, 1.82) is 0 Å². The molecule has 0 unspecified atom stereocenters. The lowest BCUT2D eigenvalue weighted by Gasteiger charge is -2.17. The summed E-state index contributed by atoms with van der Waals surface area (Å²) in [6.07, 6.45) is 6.97. The molecule has 1 saturated carbocycles. The van der Waals surface area contributed by atoms with Gasteiger partial charge in [-0.3, -0.25) is 4.57 Å². The third-order valence-electron chi connectivity index (χ3n) is 3.06. The van der Waals surface area contributed by atoms with Crippen molar-refractivity contribution in [3.8, 4) is 0 Å². The standard InChI is InChI=1S/C11H17N3O/c12-7-5-10-6-8-13-11(15)14(10)9-3-1-2-4-9/h6,8-9H,1-5,7,12H2. The van der Waals surface area contributed by atoms with E-state index < -0.39 is 0 Å². The maximum Gasteiger partial charge on any atom is 0.347 e. The summed E-state index contributed by atoms with van der Waals surface area (Å²) in [6, 6.07) is 2.26. The Morgan fingerprint density at radius 2 is 2.20 bits per heavy atom. The average molecular weight is 207 g/mol. The van der Waals surface area contributed by atoms with Crippen LogP contribution in [-0.4, -0.2) is 16.1 Å². The summed E-state index contributed by atoms with van der Waals surface area (Å²) in [5.41, 5.74) is 6.46. The van der Waals surface area contributed by atoms with Crippen molar-refractivity contribution >= 4 is 0 Å². The van der Waals surface area contributed by atoms with E-state index in [0.29, 0.717) is 12.6 Å². The van der Waals surface area contributed by atoms with Crippen LogP contribution >= 0.6 is 0 Å². The summed E-state index contributed by atoms with van der Waals surface area (Å²) >= 11 is 0. The Morgan fingerprint density at radius 3 is 2.87 bits per heavy atom. The minimum atomic E-state index is -0.118. The summed E-state index contributed by atoms with van der Waals surface area (Å²) in [5.74, 6) is 0. The van der Waals surface area contributed by atoms with Crippen LogP contribution in [0.25, 0.3) is 0 Å². The molecule has 0 spiro atoms. The van der Waals surface area contributed by atoms with Crippen LogP contribution in [0.5, 0.6) is 0 Å². The van der Waals surface area contributed by atoms with E-state index in [1.54, 1.807) is 6.20 Å². The fourth-order valence-corrected chi connectivity index (χ4v) is 2.36. The monoisotopic (exact) mass is 207 g/mol. The molecule has 4 heteroatoms. The Labute approximate surface area is 89.1 Å². The van der Waals surface area contributed by atoms with E-state index in [0.717, 1.165) is 25.0 Å². The van der Waals surface area contributed by atoms with Crippen LogP contribution in [0.15, 0.2) is 17.1 Å². The highest BCUT2D eigenvalue weighted by atomic mass is 16.1. The summed E-state index contributed by atoms with van der Waals surface area (Å²) in [6.45, 7) is 0.580. The van der Waals surface area contributed by atoms with Crippen molar-refractivity contribution in [3.05, 3.63) is 28.4 Å². The maximum atomic E-state index is 11.7. The van der Waals surface area contributed by atoms with Crippen molar-refractivity contribution in [2.45, 2.75) is 38.1 Å². The van der Waals surface area contributed by atoms with Gasteiger partial charge in [0.2, 0.25) is 0 Å². The van der Waals surface area contributed by atoms with Crippen LogP contribution < -0.4 is 11.4 Å². The Balaban J connectivity index is 2.37. The molecular formula is C11H17N3O. The lowest BCUT2D eigenvalue weighted by atomic mass is 10.2. The van der Waals surface area contributed by atoms with Crippen LogP contribution in [0.2, 0.25) is 0 Å². The van der Waals surface area contributed by atoms with Gasteiger partial charge in [0.25, 0.3) is 0 Å². The quantitative estimate of drug-likeness (QED) is 0.799. The van der Waals surface area contributed by atoms with Crippen LogP contribution in [0.3, 0.4) is 0 Å². The highest BCUT2D eigenvalue weighted by molar-refractivity contribution is 5.04. The molecular weight excluding hydrogens is 190 g/mol. The molecule has 1 fully saturated rings. The Hall–Kier alpha value is -1.16. The molecule has 0 aromatic carbocycles. The normalized spacial score (nSPS) is 17.1. The Bertz CT molecular complexity index is 380. The molecule has 1 aromatic rings. The fourth-order valence-electron chi connectivity index (χ4n) is 2.36. The number of hydrogen-bond acceptors (Lipinski definition) is 3. The van der Waals surface area contributed by atoms with Crippen molar-refractivity contribution in [2.75, 3.05) is 6.54 Å². The zero-order chi connectivity index (χ0) is 10.7. The molecule has 0 atom stereocenters. The van der Waals surface area contributed by atoms with Gasteiger partial charge in [0.05, 0.1) is 0 Å². The Kier molecular flexibility index (Phi) is 3.16. The molecule has 0 radical (unpaired) electrons. The van der Waals surface area contributed by atoms with E-state index in [4.69, 9.17) is 5.73 Å². The van der Waals surface area contributed by atoms with Gasteiger partial charge in [-0.25, -0.2) is 9.78 Å². The molecule has 0 bridgehead atoms. The molecule has 2 rings (SSSR count). The zero-order valence-corrected chi connectivity index (χ0v) is 8.85. The summed E-state index contributed by atoms with van der Waals surface area (Å²) in [5, 5.41) is 0. The molecule has 2 N–H and O–H groups in total. The second kappa shape index (κ2) is 4.57. The maximum absolute atomic E-state index is 11.7. The number of hydrogen-bond donors (Lipinski definition) is 1. The summed E-state index contributed by atoms with van der Waals surface area (Å²) < 4.78 is 1.85. The predicted molar refractivity (Wildman–Crippen MR) is 58.8 cm³/mol. The molecule has 1 heterocycles. The van der Waals surface area contributed by atoms with Gasteiger partial charge in [0, 0.05) is 24.4 Å². The van der Waals surface area contributed by atoms with E-state index in [-0.39, 0.29) is 5.69 Å². The number of aromatic nitrogens is 2. The molecule has 15 heavy (non-hydrogen) atoms. The van der Waals surface area contributed by atoms with E-state index in [1.807, 2.05) is 10.6 Å². The molecule has 1 aliphatic rings. The molecule has 1 aliphatic carbocycles.